The number of hydrogen-bond acceptors (Lipinski definition) is 4. The van der Waals surface area contributed by atoms with Gasteiger partial charge >= 0.3 is 6.03 Å². The highest BCUT2D eigenvalue weighted by atomic mass is 35.5. The second kappa shape index (κ2) is 4.44. The van der Waals surface area contributed by atoms with E-state index in [1.54, 1.807) is 13.1 Å². The van der Waals surface area contributed by atoms with Crippen LogP contribution in [0.5, 0.6) is 0 Å². The van der Waals surface area contributed by atoms with Crippen molar-refractivity contribution < 1.29 is 14.4 Å². The third-order valence-electron chi connectivity index (χ3n) is 3.01. The molecule has 100 valence electrons. The lowest BCUT2D eigenvalue weighted by molar-refractivity contribution is 0.182. The number of likely N-dealkylation sites (N-methyl/N-ethyl adjacent to an activating group) is 1. The van der Waals surface area contributed by atoms with Crippen LogP contribution >= 0.6 is 11.6 Å². The first kappa shape index (κ1) is 13.2. The highest BCUT2D eigenvalue weighted by Gasteiger charge is 2.37. The Morgan fingerprint density at radius 1 is 1.67 bits per heavy atom. The van der Waals surface area contributed by atoms with Crippen LogP contribution in [-0.4, -0.2) is 46.9 Å². The number of aromatic nitrogens is 1. The van der Waals surface area contributed by atoms with Gasteiger partial charge in [-0.05, 0) is 0 Å². The summed E-state index contributed by atoms with van der Waals surface area (Å²) in [6, 6.07) is 1.34. The molecule has 1 saturated heterocycles. The molecule has 1 aromatic heterocycles. The summed E-state index contributed by atoms with van der Waals surface area (Å²) in [7, 11) is 1.62. The minimum atomic E-state index is -0.903. The third kappa shape index (κ3) is 2.06. The van der Waals surface area contributed by atoms with Crippen molar-refractivity contribution >= 4 is 23.4 Å². The van der Waals surface area contributed by atoms with Gasteiger partial charge in [-0.15, -0.1) is 11.6 Å². The molecule has 1 unspecified atom stereocenters. The average molecular weight is 274 g/mol. The number of rotatable bonds is 3. The number of nitrogens with zero attached hydrogens (tertiary/aromatic N) is 3. The SMILES string of the molecule is CN1CC(O)N(c2cc(C(C)(C)CCl)on2)C1=O. The summed E-state index contributed by atoms with van der Waals surface area (Å²) >= 11 is 5.85. The molecule has 1 atom stereocenters. The average Bonchev–Trinajstić information content (AvgIpc) is 2.86. The second-order valence-electron chi connectivity index (χ2n) is 5.08. The van der Waals surface area contributed by atoms with Crippen LogP contribution in [0.4, 0.5) is 10.6 Å². The predicted molar refractivity (Wildman–Crippen MR) is 66.8 cm³/mol. The van der Waals surface area contributed by atoms with Gasteiger partial charge in [-0.1, -0.05) is 19.0 Å². The number of amides is 2. The van der Waals surface area contributed by atoms with Crippen molar-refractivity contribution in [1.29, 1.82) is 0 Å². The fourth-order valence-corrected chi connectivity index (χ4v) is 1.86. The molecule has 1 fully saturated rings. The number of aliphatic hydroxyl groups excluding tert-OH is 1. The van der Waals surface area contributed by atoms with E-state index < -0.39 is 6.23 Å². The van der Waals surface area contributed by atoms with Gasteiger partial charge in [0.15, 0.2) is 12.0 Å². The maximum absolute atomic E-state index is 11.8. The topological polar surface area (TPSA) is 69.8 Å². The predicted octanol–water partition coefficient (Wildman–Crippen LogP) is 1.38. The van der Waals surface area contributed by atoms with E-state index in [9.17, 15) is 9.90 Å². The molecule has 0 spiro atoms. The van der Waals surface area contributed by atoms with Crippen molar-refractivity contribution in [2.75, 3.05) is 24.4 Å². The van der Waals surface area contributed by atoms with Gasteiger partial charge in [0.2, 0.25) is 0 Å². The monoisotopic (exact) mass is 273 g/mol. The molecule has 2 heterocycles. The normalized spacial score (nSPS) is 20.9. The van der Waals surface area contributed by atoms with Crippen LogP contribution in [0.1, 0.15) is 19.6 Å². The smallest absolute Gasteiger partial charge is 0.327 e. The number of carbonyl (C=O) groups is 1. The summed E-state index contributed by atoms with van der Waals surface area (Å²) in [5.74, 6) is 1.27. The van der Waals surface area contributed by atoms with Gasteiger partial charge in [0.1, 0.15) is 5.76 Å². The van der Waals surface area contributed by atoms with E-state index >= 15 is 0 Å². The lowest BCUT2D eigenvalue weighted by Crippen LogP contribution is -2.34. The van der Waals surface area contributed by atoms with Crippen molar-refractivity contribution in [2.24, 2.45) is 0 Å². The number of aliphatic hydroxyl groups is 1. The van der Waals surface area contributed by atoms with Gasteiger partial charge in [-0.3, -0.25) is 0 Å². The lowest BCUT2D eigenvalue weighted by atomic mass is 9.93. The first-order valence-corrected chi connectivity index (χ1v) is 6.16. The number of β-amino-alcohol motifs (C(OH)–C–C–N with tert-alkyl or cyclic N) is 1. The third-order valence-corrected chi connectivity index (χ3v) is 3.68. The highest BCUT2D eigenvalue weighted by molar-refractivity contribution is 6.18. The molecule has 6 nitrogen and oxygen atoms in total. The molecule has 0 radical (unpaired) electrons. The largest absolute Gasteiger partial charge is 0.371 e. The Morgan fingerprint density at radius 3 is 2.83 bits per heavy atom. The van der Waals surface area contributed by atoms with Crippen LogP contribution in [-0.2, 0) is 5.41 Å². The summed E-state index contributed by atoms with van der Waals surface area (Å²) in [6.07, 6.45) is -0.903. The van der Waals surface area contributed by atoms with Crippen molar-refractivity contribution in [3.63, 3.8) is 0 Å². The first-order valence-electron chi connectivity index (χ1n) is 5.62. The summed E-state index contributed by atoms with van der Waals surface area (Å²) in [5, 5.41) is 13.6. The fraction of sp³-hybridized carbons (Fsp3) is 0.636. The fourth-order valence-electron chi connectivity index (χ4n) is 1.73. The van der Waals surface area contributed by atoms with E-state index in [0.717, 1.165) is 0 Å². The minimum absolute atomic E-state index is 0.250. The van der Waals surface area contributed by atoms with Gasteiger partial charge in [0.05, 0.1) is 6.54 Å². The molecular formula is C11H16ClN3O3. The molecule has 0 bridgehead atoms. The Morgan fingerprint density at radius 2 is 2.33 bits per heavy atom. The van der Waals surface area contributed by atoms with Gasteiger partial charge in [-0.2, -0.15) is 0 Å². The molecule has 0 saturated carbocycles. The molecule has 2 rings (SSSR count). The van der Waals surface area contributed by atoms with Gasteiger partial charge in [0.25, 0.3) is 0 Å². The van der Waals surface area contributed by atoms with Crippen molar-refractivity contribution in [3.05, 3.63) is 11.8 Å². The summed E-state index contributed by atoms with van der Waals surface area (Å²) < 4.78 is 5.21. The van der Waals surface area contributed by atoms with Gasteiger partial charge in [0, 0.05) is 24.4 Å². The molecule has 2 amide bonds. The van der Waals surface area contributed by atoms with Gasteiger partial charge < -0.3 is 14.5 Å². The zero-order valence-corrected chi connectivity index (χ0v) is 11.3. The number of halogens is 1. The van der Waals surface area contributed by atoms with Crippen LogP contribution < -0.4 is 4.90 Å². The standard InChI is InChI=1S/C11H16ClN3O3/c1-11(2,6-12)7-4-8(13-18-7)15-9(16)5-14(3)10(15)17/h4,9,16H,5-6H2,1-3H3. The summed E-state index contributed by atoms with van der Waals surface area (Å²) in [6.45, 7) is 4.08. The van der Waals surface area contributed by atoms with E-state index in [1.807, 2.05) is 13.8 Å². The molecule has 0 aromatic carbocycles. The first-order chi connectivity index (χ1) is 8.36. The van der Waals surface area contributed by atoms with Crippen molar-refractivity contribution in [2.45, 2.75) is 25.5 Å². The zero-order valence-electron chi connectivity index (χ0n) is 10.6. The Balaban J connectivity index is 2.28. The number of anilines is 1. The van der Waals surface area contributed by atoms with Crippen LogP contribution in [0, 0.1) is 0 Å². The van der Waals surface area contributed by atoms with Crippen LogP contribution in [0.3, 0.4) is 0 Å². The second-order valence-corrected chi connectivity index (χ2v) is 5.35. The number of urea groups is 1. The lowest BCUT2D eigenvalue weighted by Gasteiger charge is -2.17. The minimum Gasteiger partial charge on any atom is -0.371 e. The van der Waals surface area contributed by atoms with E-state index in [2.05, 4.69) is 5.16 Å². The van der Waals surface area contributed by atoms with E-state index in [4.69, 9.17) is 16.1 Å². The van der Waals surface area contributed by atoms with Crippen molar-refractivity contribution in [1.82, 2.24) is 10.1 Å². The number of alkyl halides is 1. The molecule has 1 aliphatic rings. The van der Waals surface area contributed by atoms with E-state index in [-0.39, 0.29) is 18.0 Å². The molecular weight excluding hydrogens is 258 g/mol. The number of carbonyl (C=O) groups excluding carboxylic acids is 1. The Hall–Kier alpha value is -1.27. The zero-order chi connectivity index (χ0) is 13.5. The molecule has 1 aliphatic heterocycles. The van der Waals surface area contributed by atoms with Crippen LogP contribution in [0.15, 0.2) is 10.6 Å². The molecule has 1 N–H and O–H groups in total. The van der Waals surface area contributed by atoms with Crippen LogP contribution in [0.25, 0.3) is 0 Å². The molecule has 0 aliphatic carbocycles. The molecule has 1 aromatic rings. The Bertz CT molecular complexity index is 460. The van der Waals surface area contributed by atoms with Crippen molar-refractivity contribution in [3.8, 4) is 0 Å². The van der Waals surface area contributed by atoms with Crippen LogP contribution in [0.2, 0.25) is 0 Å². The maximum Gasteiger partial charge on any atom is 0.327 e. The molecule has 7 heteroatoms. The maximum atomic E-state index is 11.8. The summed E-state index contributed by atoms with van der Waals surface area (Å²) in [4.78, 5) is 14.5. The quantitative estimate of drug-likeness (QED) is 0.845. The van der Waals surface area contributed by atoms with Gasteiger partial charge in [-0.25, -0.2) is 9.69 Å². The molecule has 18 heavy (non-hydrogen) atoms. The van der Waals surface area contributed by atoms with E-state index in [0.29, 0.717) is 17.5 Å². The highest BCUT2D eigenvalue weighted by Crippen LogP contribution is 2.30. The van der Waals surface area contributed by atoms with E-state index in [1.165, 1.54) is 9.80 Å². The summed E-state index contributed by atoms with van der Waals surface area (Å²) in [5.41, 5.74) is -0.369. The Kier molecular flexibility index (Phi) is 3.25. The number of hydrogen-bond donors (Lipinski definition) is 1. The Labute approximate surface area is 110 Å².